The van der Waals surface area contributed by atoms with Crippen LogP contribution >= 0.6 is 11.6 Å². The Labute approximate surface area is 142 Å². The van der Waals surface area contributed by atoms with Crippen molar-refractivity contribution in [2.75, 3.05) is 13.2 Å². The van der Waals surface area contributed by atoms with E-state index in [0.717, 1.165) is 0 Å². The summed E-state index contributed by atoms with van der Waals surface area (Å²) in [5.41, 5.74) is -3.69. The molecule has 5 nitrogen and oxygen atoms in total. The Morgan fingerprint density at radius 1 is 1.08 bits per heavy atom. The fourth-order valence-electron chi connectivity index (χ4n) is 2.15. The van der Waals surface area contributed by atoms with Gasteiger partial charge in [0, 0.05) is 0 Å². The molecule has 1 heterocycles. The summed E-state index contributed by atoms with van der Waals surface area (Å²) < 4.78 is 48.8. The Morgan fingerprint density at radius 2 is 1.58 bits per heavy atom. The van der Waals surface area contributed by atoms with Gasteiger partial charge >= 0.3 is 18.1 Å². The van der Waals surface area contributed by atoms with Gasteiger partial charge in [-0.3, -0.25) is 9.59 Å². The minimum Gasteiger partial charge on any atom is -0.465 e. The number of carbonyl (C=O) groups excluding carboxylic acids is 2. The highest BCUT2D eigenvalue weighted by Crippen LogP contribution is 2.36. The first kappa shape index (κ1) is 20.2. The predicted octanol–water partition coefficient (Wildman–Crippen LogP) is 3.53. The largest absolute Gasteiger partial charge is 0.465 e. The van der Waals surface area contributed by atoms with Gasteiger partial charge in [-0.05, 0) is 32.4 Å². The predicted molar refractivity (Wildman–Crippen MR) is 79.5 cm³/mol. The van der Waals surface area contributed by atoms with Crippen molar-refractivity contribution in [2.45, 2.75) is 38.8 Å². The maximum Gasteiger partial charge on any atom is 0.416 e. The number of aromatic nitrogens is 1. The highest BCUT2D eigenvalue weighted by molar-refractivity contribution is 6.29. The van der Waals surface area contributed by atoms with Crippen LogP contribution in [0, 0.1) is 0 Å². The number of pyridine rings is 1. The van der Waals surface area contributed by atoms with E-state index in [1.165, 1.54) is 20.8 Å². The van der Waals surface area contributed by atoms with E-state index in [2.05, 4.69) is 4.98 Å². The van der Waals surface area contributed by atoms with Crippen LogP contribution in [0.5, 0.6) is 0 Å². The summed E-state index contributed by atoms with van der Waals surface area (Å²) in [6.45, 7) is 4.34. The quantitative estimate of drug-likeness (QED) is 0.437. The zero-order valence-corrected chi connectivity index (χ0v) is 14.1. The molecule has 1 aromatic rings. The summed E-state index contributed by atoms with van der Waals surface area (Å²) in [7, 11) is 0. The van der Waals surface area contributed by atoms with Crippen LogP contribution in [0.15, 0.2) is 12.1 Å². The van der Waals surface area contributed by atoms with Gasteiger partial charge in [0.2, 0.25) is 5.41 Å². The molecule has 0 aliphatic heterocycles. The van der Waals surface area contributed by atoms with Gasteiger partial charge in [0.05, 0.1) is 24.5 Å². The number of hydrogen-bond acceptors (Lipinski definition) is 5. The molecule has 1 aromatic heterocycles. The number of hydrogen-bond donors (Lipinski definition) is 0. The van der Waals surface area contributed by atoms with E-state index >= 15 is 0 Å². The van der Waals surface area contributed by atoms with Crippen molar-refractivity contribution in [3.05, 3.63) is 28.5 Å². The van der Waals surface area contributed by atoms with Crippen LogP contribution in [0.25, 0.3) is 0 Å². The molecule has 0 saturated carbocycles. The number of rotatable bonds is 6. The Kier molecular flexibility index (Phi) is 6.59. The van der Waals surface area contributed by atoms with Gasteiger partial charge in [-0.25, -0.2) is 4.98 Å². The molecule has 0 N–H and O–H groups in total. The lowest BCUT2D eigenvalue weighted by Gasteiger charge is -2.28. The number of ether oxygens (including phenoxy) is 2. The first-order chi connectivity index (χ1) is 11.1. The topological polar surface area (TPSA) is 65.5 Å². The summed E-state index contributed by atoms with van der Waals surface area (Å²) in [6, 6.07) is 1.23. The normalized spacial score (nSPS) is 12.0. The first-order valence-corrected chi connectivity index (χ1v) is 7.60. The summed E-state index contributed by atoms with van der Waals surface area (Å²) in [5, 5.41) is -0.494. The molecular formula is C15H17ClF3NO4. The smallest absolute Gasteiger partial charge is 0.416 e. The van der Waals surface area contributed by atoms with E-state index in [9.17, 15) is 22.8 Å². The molecule has 24 heavy (non-hydrogen) atoms. The van der Waals surface area contributed by atoms with E-state index in [-0.39, 0.29) is 19.6 Å². The number of alkyl halides is 3. The third-order valence-electron chi connectivity index (χ3n) is 3.34. The fourth-order valence-corrected chi connectivity index (χ4v) is 2.36. The van der Waals surface area contributed by atoms with Crippen molar-refractivity contribution in [3.63, 3.8) is 0 Å². The van der Waals surface area contributed by atoms with Gasteiger partial charge in [-0.15, -0.1) is 0 Å². The number of nitrogens with zero attached hydrogens (tertiary/aromatic N) is 1. The van der Waals surface area contributed by atoms with Gasteiger partial charge in [0.1, 0.15) is 5.15 Å². The third kappa shape index (κ3) is 3.98. The summed E-state index contributed by atoms with van der Waals surface area (Å²) in [6.07, 6.45) is -4.92. The zero-order valence-electron chi connectivity index (χ0n) is 13.4. The number of carbonyl (C=O) groups is 2. The van der Waals surface area contributed by atoms with Crippen LogP contribution in [0.2, 0.25) is 5.15 Å². The Bertz CT molecular complexity index is 601. The summed E-state index contributed by atoms with van der Waals surface area (Å²) in [5.74, 6) is -2.07. The Hall–Kier alpha value is -1.83. The standard InChI is InChI=1S/C15H17ClF3NO4/c1-4-14(12(21)23-5-2,13(22)24-6-3)10-7-9(15(17,18)19)8-11(16)20-10/h7-8H,4-6H2,1-3H3. The Balaban J connectivity index is 3.63. The van der Waals surface area contributed by atoms with Crippen molar-refractivity contribution < 1.29 is 32.2 Å². The lowest BCUT2D eigenvalue weighted by molar-refractivity contribution is -0.165. The zero-order chi connectivity index (χ0) is 18.5. The molecule has 0 aliphatic carbocycles. The van der Waals surface area contributed by atoms with Crippen molar-refractivity contribution >= 4 is 23.5 Å². The average molecular weight is 368 g/mol. The first-order valence-electron chi connectivity index (χ1n) is 7.23. The lowest BCUT2D eigenvalue weighted by atomic mass is 9.80. The van der Waals surface area contributed by atoms with Crippen LogP contribution in [0.4, 0.5) is 13.2 Å². The minimum atomic E-state index is -4.72. The second-order valence-electron chi connectivity index (χ2n) is 4.76. The number of halogens is 4. The number of esters is 2. The molecule has 0 bridgehead atoms. The van der Waals surface area contributed by atoms with Gasteiger partial charge in [-0.2, -0.15) is 13.2 Å². The average Bonchev–Trinajstić information content (AvgIpc) is 2.47. The molecule has 0 fully saturated rings. The summed E-state index contributed by atoms with van der Waals surface area (Å²) >= 11 is 5.67. The molecule has 9 heteroatoms. The van der Waals surface area contributed by atoms with E-state index in [1.807, 2.05) is 0 Å². The molecule has 134 valence electrons. The minimum absolute atomic E-state index is 0.0628. The van der Waals surface area contributed by atoms with Gasteiger partial charge < -0.3 is 9.47 Å². The molecule has 0 saturated heterocycles. The van der Waals surface area contributed by atoms with Crippen molar-refractivity contribution in [3.8, 4) is 0 Å². The summed E-state index contributed by atoms with van der Waals surface area (Å²) in [4.78, 5) is 28.6. The highest BCUT2D eigenvalue weighted by atomic mass is 35.5. The van der Waals surface area contributed by atoms with Crippen molar-refractivity contribution in [1.29, 1.82) is 0 Å². The molecule has 0 unspecified atom stereocenters. The van der Waals surface area contributed by atoms with E-state index in [0.29, 0.717) is 12.1 Å². The van der Waals surface area contributed by atoms with E-state index in [1.54, 1.807) is 0 Å². The molecular weight excluding hydrogens is 351 g/mol. The van der Waals surface area contributed by atoms with Crippen LogP contribution in [-0.2, 0) is 30.7 Å². The molecule has 0 spiro atoms. The maximum absolute atomic E-state index is 13.0. The second kappa shape index (κ2) is 7.83. The molecule has 0 atom stereocenters. The van der Waals surface area contributed by atoms with Gasteiger partial charge in [0.25, 0.3) is 0 Å². The van der Waals surface area contributed by atoms with Crippen LogP contribution in [0.1, 0.15) is 38.4 Å². The van der Waals surface area contributed by atoms with E-state index in [4.69, 9.17) is 21.1 Å². The van der Waals surface area contributed by atoms with Crippen LogP contribution in [-0.4, -0.2) is 30.1 Å². The van der Waals surface area contributed by atoms with Crippen molar-refractivity contribution in [1.82, 2.24) is 4.98 Å². The van der Waals surface area contributed by atoms with Crippen LogP contribution < -0.4 is 0 Å². The Morgan fingerprint density at radius 3 is 1.96 bits per heavy atom. The second-order valence-corrected chi connectivity index (χ2v) is 5.15. The molecule has 0 aliphatic rings. The lowest BCUT2D eigenvalue weighted by Crippen LogP contribution is -2.46. The van der Waals surface area contributed by atoms with Gasteiger partial charge in [0.15, 0.2) is 0 Å². The van der Waals surface area contributed by atoms with Crippen LogP contribution in [0.3, 0.4) is 0 Å². The molecule has 1 rings (SSSR count). The molecule has 0 amide bonds. The monoisotopic (exact) mass is 367 g/mol. The molecule has 0 radical (unpaired) electrons. The molecule has 0 aromatic carbocycles. The highest BCUT2D eigenvalue weighted by Gasteiger charge is 2.51. The maximum atomic E-state index is 13.0. The van der Waals surface area contributed by atoms with Gasteiger partial charge in [-0.1, -0.05) is 18.5 Å². The fraction of sp³-hybridized carbons (Fsp3) is 0.533. The van der Waals surface area contributed by atoms with Crippen molar-refractivity contribution in [2.24, 2.45) is 0 Å². The SMILES string of the molecule is CCOC(=O)C(CC)(C(=O)OCC)c1cc(C(F)(F)F)cc(Cl)n1. The third-order valence-corrected chi connectivity index (χ3v) is 3.53. The van der Waals surface area contributed by atoms with E-state index < -0.39 is 39.9 Å².